The molecule has 4 amide bonds. The summed E-state index contributed by atoms with van der Waals surface area (Å²) in [5.41, 5.74) is 2.83. The van der Waals surface area contributed by atoms with Crippen molar-refractivity contribution in [2.24, 2.45) is 0 Å². The Morgan fingerprint density at radius 3 is 2.43 bits per heavy atom. The van der Waals surface area contributed by atoms with Gasteiger partial charge in [-0.15, -0.1) is 0 Å². The molecule has 2 heterocycles. The molecule has 4 rings (SSSR count). The van der Waals surface area contributed by atoms with Gasteiger partial charge in [-0.1, -0.05) is 55.5 Å². The van der Waals surface area contributed by atoms with Crippen molar-refractivity contribution in [3.05, 3.63) is 77.5 Å². The van der Waals surface area contributed by atoms with E-state index >= 15 is 0 Å². The molecule has 1 fully saturated rings. The number of imide groups is 2. The van der Waals surface area contributed by atoms with Crippen LogP contribution in [-0.2, 0) is 22.6 Å². The highest BCUT2D eigenvalue weighted by Gasteiger charge is 2.35. The maximum atomic E-state index is 13.0. The normalized spacial score (nSPS) is 15.8. The van der Waals surface area contributed by atoms with Gasteiger partial charge >= 0.3 is 6.03 Å². The fourth-order valence-corrected chi connectivity index (χ4v) is 3.75. The lowest BCUT2D eigenvalue weighted by molar-refractivity contribution is -0.130. The van der Waals surface area contributed by atoms with Crippen LogP contribution in [0.2, 0.25) is 0 Å². The van der Waals surface area contributed by atoms with Crippen LogP contribution in [0.15, 0.2) is 66.4 Å². The summed E-state index contributed by atoms with van der Waals surface area (Å²) in [6, 6.07) is 16.8. The van der Waals surface area contributed by atoms with E-state index in [9.17, 15) is 14.4 Å². The molecule has 0 radical (unpaired) electrons. The SMILES string of the molecule is CCCn1cc(/C=C2\C(=O)NC(=O)N(CCc3ccccc3)C2=O)c2ccccc21. The van der Waals surface area contributed by atoms with Gasteiger partial charge in [-0.2, -0.15) is 0 Å². The second kappa shape index (κ2) is 8.37. The molecule has 152 valence electrons. The Hall–Kier alpha value is -3.67. The Morgan fingerprint density at radius 1 is 0.933 bits per heavy atom. The number of amides is 4. The van der Waals surface area contributed by atoms with Crippen molar-refractivity contribution in [1.82, 2.24) is 14.8 Å². The average Bonchev–Trinajstić information content (AvgIpc) is 3.09. The zero-order valence-electron chi connectivity index (χ0n) is 16.8. The summed E-state index contributed by atoms with van der Waals surface area (Å²) in [6.45, 7) is 3.14. The summed E-state index contributed by atoms with van der Waals surface area (Å²) >= 11 is 0. The maximum absolute atomic E-state index is 13.0. The molecule has 6 heteroatoms. The monoisotopic (exact) mass is 401 g/mol. The molecule has 2 aromatic carbocycles. The summed E-state index contributed by atoms with van der Waals surface area (Å²) in [5.74, 6) is -1.22. The molecule has 0 unspecified atom stereocenters. The summed E-state index contributed by atoms with van der Waals surface area (Å²) in [4.78, 5) is 38.8. The van der Waals surface area contributed by atoms with Crippen LogP contribution >= 0.6 is 0 Å². The first-order valence-corrected chi connectivity index (χ1v) is 10.1. The summed E-state index contributed by atoms with van der Waals surface area (Å²) < 4.78 is 2.12. The zero-order valence-corrected chi connectivity index (χ0v) is 16.8. The quantitative estimate of drug-likeness (QED) is 0.505. The van der Waals surface area contributed by atoms with Crippen LogP contribution in [0.4, 0.5) is 4.79 Å². The number of carbonyl (C=O) groups is 3. The lowest BCUT2D eigenvalue weighted by Gasteiger charge is -2.26. The highest BCUT2D eigenvalue weighted by molar-refractivity contribution is 6.31. The number of para-hydroxylation sites is 1. The number of urea groups is 1. The number of rotatable bonds is 6. The average molecular weight is 401 g/mol. The van der Waals surface area contributed by atoms with Gasteiger partial charge in [-0.05, 0) is 30.5 Å². The minimum atomic E-state index is -0.675. The van der Waals surface area contributed by atoms with Gasteiger partial charge in [0.05, 0.1) is 0 Å². The van der Waals surface area contributed by atoms with Crippen LogP contribution in [0.1, 0.15) is 24.5 Å². The topological polar surface area (TPSA) is 71.4 Å². The van der Waals surface area contributed by atoms with E-state index in [4.69, 9.17) is 0 Å². The molecule has 1 aliphatic heterocycles. The van der Waals surface area contributed by atoms with E-state index in [0.29, 0.717) is 6.42 Å². The van der Waals surface area contributed by atoms with Crippen LogP contribution in [0, 0.1) is 0 Å². The van der Waals surface area contributed by atoms with E-state index in [1.54, 1.807) is 6.08 Å². The molecule has 6 nitrogen and oxygen atoms in total. The number of benzene rings is 2. The van der Waals surface area contributed by atoms with Gasteiger partial charge in [0, 0.05) is 35.8 Å². The van der Waals surface area contributed by atoms with E-state index in [0.717, 1.165) is 39.9 Å². The molecule has 0 saturated carbocycles. The third kappa shape index (κ3) is 3.76. The minimum Gasteiger partial charge on any atom is -0.347 e. The number of barbiturate groups is 1. The van der Waals surface area contributed by atoms with E-state index in [1.807, 2.05) is 60.8 Å². The van der Waals surface area contributed by atoms with Gasteiger partial charge in [0.25, 0.3) is 11.8 Å². The maximum Gasteiger partial charge on any atom is 0.331 e. The summed E-state index contributed by atoms with van der Waals surface area (Å²) in [5, 5.41) is 3.26. The molecule has 1 aromatic heterocycles. The number of hydrogen-bond acceptors (Lipinski definition) is 3. The predicted molar refractivity (Wildman–Crippen MR) is 116 cm³/mol. The van der Waals surface area contributed by atoms with Crippen molar-refractivity contribution >= 4 is 34.8 Å². The fraction of sp³-hybridized carbons (Fsp3) is 0.208. The predicted octanol–water partition coefficient (Wildman–Crippen LogP) is 3.76. The number of nitrogens with one attached hydrogen (secondary N) is 1. The first-order chi connectivity index (χ1) is 14.6. The lowest BCUT2D eigenvalue weighted by Crippen LogP contribution is -2.54. The fourth-order valence-electron chi connectivity index (χ4n) is 3.75. The second-order valence-corrected chi connectivity index (χ2v) is 7.30. The standard InChI is InChI=1S/C24H23N3O3/c1-2-13-26-16-18(19-10-6-7-11-21(19)26)15-20-22(28)25-24(30)27(23(20)29)14-12-17-8-4-3-5-9-17/h3-11,15-16H,2,12-14H2,1H3,(H,25,28,30)/b20-15+. The Kier molecular flexibility index (Phi) is 5.48. The zero-order chi connectivity index (χ0) is 21.1. The number of nitrogens with zero attached hydrogens (tertiary/aromatic N) is 2. The van der Waals surface area contributed by atoms with Crippen LogP contribution in [-0.4, -0.2) is 33.9 Å². The van der Waals surface area contributed by atoms with Crippen molar-refractivity contribution < 1.29 is 14.4 Å². The van der Waals surface area contributed by atoms with Gasteiger partial charge in [0.2, 0.25) is 0 Å². The van der Waals surface area contributed by atoms with Crippen molar-refractivity contribution in [2.75, 3.05) is 6.54 Å². The molecule has 1 aliphatic rings. The molecule has 0 bridgehead atoms. The van der Waals surface area contributed by atoms with E-state index in [2.05, 4.69) is 16.8 Å². The number of carbonyl (C=O) groups excluding carboxylic acids is 3. The number of fused-ring (bicyclic) bond motifs is 1. The van der Waals surface area contributed by atoms with Crippen molar-refractivity contribution in [1.29, 1.82) is 0 Å². The molecule has 0 aliphatic carbocycles. The molecule has 30 heavy (non-hydrogen) atoms. The van der Waals surface area contributed by atoms with Crippen molar-refractivity contribution in [3.8, 4) is 0 Å². The van der Waals surface area contributed by atoms with E-state index in [1.165, 1.54) is 0 Å². The molecule has 0 spiro atoms. The minimum absolute atomic E-state index is 0.0259. The Balaban J connectivity index is 1.65. The Morgan fingerprint density at radius 2 is 1.67 bits per heavy atom. The molecular formula is C24H23N3O3. The van der Waals surface area contributed by atoms with Crippen LogP contribution in [0.5, 0.6) is 0 Å². The third-order valence-corrected chi connectivity index (χ3v) is 5.24. The van der Waals surface area contributed by atoms with Crippen LogP contribution in [0.25, 0.3) is 17.0 Å². The molecular weight excluding hydrogens is 378 g/mol. The van der Waals surface area contributed by atoms with Gasteiger partial charge in [0.1, 0.15) is 5.57 Å². The van der Waals surface area contributed by atoms with Gasteiger partial charge in [-0.3, -0.25) is 19.8 Å². The van der Waals surface area contributed by atoms with Crippen molar-refractivity contribution in [2.45, 2.75) is 26.3 Å². The molecule has 1 N–H and O–H groups in total. The van der Waals surface area contributed by atoms with Gasteiger partial charge in [0.15, 0.2) is 0 Å². The molecule has 0 atom stereocenters. The van der Waals surface area contributed by atoms with Crippen LogP contribution < -0.4 is 5.32 Å². The Labute approximate surface area is 174 Å². The lowest BCUT2D eigenvalue weighted by atomic mass is 10.1. The van der Waals surface area contributed by atoms with E-state index in [-0.39, 0.29) is 12.1 Å². The van der Waals surface area contributed by atoms with Gasteiger partial charge in [-0.25, -0.2) is 4.79 Å². The van der Waals surface area contributed by atoms with Gasteiger partial charge < -0.3 is 4.57 Å². The summed E-state index contributed by atoms with van der Waals surface area (Å²) in [7, 11) is 0. The molecule has 1 saturated heterocycles. The third-order valence-electron chi connectivity index (χ3n) is 5.24. The van der Waals surface area contributed by atoms with E-state index < -0.39 is 17.8 Å². The van der Waals surface area contributed by atoms with Crippen LogP contribution in [0.3, 0.4) is 0 Å². The number of hydrogen-bond donors (Lipinski definition) is 1. The number of aryl methyl sites for hydroxylation is 1. The largest absolute Gasteiger partial charge is 0.347 e. The highest BCUT2D eigenvalue weighted by Crippen LogP contribution is 2.25. The summed E-state index contributed by atoms with van der Waals surface area (Å²) in [6.07, 6.45) is 5.04. The smallest absolute Gasteiger partial charge is 0.331 e. The first kappa shape index (κ1) is 19.6. The number of aromatic nitrogens is 1. The Bertz CT molecular complexity index is 1140. The molecule has 3 aromatic rings. The highest BCUT2D eigenvalue weighted by atomic mass is 16.2. The van der Waals surface area contributed by atoms with Crippen molar-refractivity contribution in [3.63, 3.8) is 0 Å². The second-order valence-electron chi connectivity index (χ2n) is 7.30. The first-order valence-electron chi connectivity index (χ1n) is 10.1.